The van der Waals surface area contributed by atoms with E-state index in [4.69, 9.17) is 5.73 Å². The standard InChI is InChI=1S/C17H23FN2O/c18-15-7-3-2-6-13(15)12-20(14-8-9-14)16(21)17(19)10-4-1-5-11-17/h2-3,6-7,14H,1,4-5,8-12,19H2. The maximum Gasteiger partial charge on any atom is 0.243 e. The van der Waals surface area contributed by atoms with E-state index in [1.165, 1.54) is 6.07 Å². The van der Waals surface area contributed by atoms with Gasteiger partial charge >= 0.3 is 0 Å². The van der Waals surface area contributed by atoms with Crippen LogP contribution in [0.15, 0.2) is 24.3 Å². The van der Waals surface area contributed by atoms with Crippen LogP contribution in [0.3, 0.4) is 0 Å². The van der Waals surface area contributed by atoms with Crippen molar-refractivity contribution in [2.24, 2.45) is 5.73 Å². The van der Waals surface area contributed by atoms with E-state index in [1.54, 1.807) is 12.1 Å². The molecular weight excluding hydrogens is 267 g/mol. The molecule has 0 aromatic heterocycles. The van der Waals surface area contributed by atoms with Crippen LogP contribution in [0.5, 0.6) is 0 Å². The predicted octanol–water partition coefficient (Wildman–Crippen LogP) is 2.98. The van der Waals surface area contributed by atoms with Gasteiger partial charge in [0.2, 0.25) is 5.91 Å². The summed E-state index contributed by atoms with van der Waals surface area (Å²) in [5, 5.41) is 0. The lowest BCUT2D eigenvalue weighted by atomic mass is 9.81. The fourth-order valence-corrected chi connectivity index (χ4v) is 3.25. The van der Waals surface area contributed by atoms with Gasteiger partial charge in [0, 0.05) is 18.2 Å². The van der Waals surface area contributed by atoms with Gasteiger partial charge < -0.3 is 10.6 Å². The summed E-state index contributed by atoms with van der Waals surface area (Å²) in [6.45, 7) is 0.342. The lowest BCUT2D eigenvalue weighted by molar-refractivity contribution is -0.139. The topological polar surface area (TPSA) is 46.3 Å². The van der Waals surface area contributed by atoms with Gasteiger partial charge in [-0.1, -0.05) is 37.5 Å². The molecule has 1 amide bonds. The molecule has 2 fully saturated rings. The zero-order chi connectivity index (χ0) is 14.9. The number of rotatable bonds is 4. The Kier molecular flexibility index (Phi) is 3.98. The average Bonchev–Trinajstić information content (AvgIpc) is 3.31. The van der Waals surface area contributed by atoms with Crippen molar-refractivity contribution in [3.8, 4) is 0 Å². The molecule has 2 aliphatic rings. The monoisotopic (exact) mass is 290 g/mol. The summed E-state index contributed by atoms with van der Waals surface area (Å²) in [6, 6.07) is 6.94. The van der Waals surface area contributed by atoms with E-state index < -0.39 is 5.54 Å². The second kappa shape index (κ2) is 5.76. The normalized spacial score (nSPS) is 21.0. The minimum atomic E-state index is -0.730. The summed E-state index contributed by atoms with van der Waals surface area (Å²) in [4.78, 5) is 14.7. The smallest absolute Gasteiger partial charge is 0.243 e. The Balaban J connectivity index is 1.78. The molecule has 0 bridgehead atoms. The predicted molar refractivity (Wildman–Crippen MR) is 80.0 cm³/mol. The van der Waals surface area contributed by atoms with Gasteiger partial charge in [-0.15, -0.1) is 0 Å². The molecule has 0 radical (unpaired) electrons. The highest BCUT2D eigenvalue weighted by Crippen LogP contribution is 2.34. The molecule has 1 aromatic rings. The minimum Gasteiger partial charge on any atom is -0.334 e. The van der Waals surface area contributed by atoms with Gasteiger partial charge in [-0.25, -0.2) is 4.39 Å². The number of benzene rings is 1. The molecule has 0 atom stereocenters. The second-order valence-corrected chi connectivity index (χ2v) is 6.47. The molecule has 0 spiro atoms. The van der Waals surface area contributed by atoms with Crippen molar-refractivity contribution < 1.29 is 9.18 Å². The van der Waals surface area contributed by atoms with Gasteiger partial charge in [0.25, 0.3) is 0 Å². The first kappa shape index (κ1) is 14.5. The molecule has 0 aliphatic heterocycles. The maximum atomic E-state index is 13.9. The van der Waals surface area contributed by atoms with E-state index in [0.29, 0.717) is 12.1 Å². The van der Waals surface area contributed by atoms with Gasteiger partial charge in [0.15, 0.2) is 0 Å². The molecule has 114 valence electrons. The lowest BCUT2D eigenvalue weighted by Gasteiger charge is -2.37. The van der Waals surface area contributed by atoms with E-state index in [9.17, 15) is 9.18 Å². The number of halogens is 1. The van der Waals surface area contributed by atoms with E-state index in [0.717, 1.165) is 44.9 Å². The van der Waals surface area contributed by atoms with Crippen molar-refractivity contribution in [1.82, 2.24) is 4.90 Å². The van der Waals surface area contributed by atoms with E-state index >= 15 is 0 Å². The first-order chi connectivity index (χ1) is 10.1. The fraction of sp³-hybridized carbons (Fsp3) is 0.588. The Hall–Kier alpha value is -1.42. The Labute approximate surface area is 125 Å². The second-order valence-electron chi connectivity index (χ2n) is 6.47. The SMILES string of the molecule is NC1(C(=O)N(Cc2ccccc2F)C2CC2)CCCCC1. The molecule has 2 aliphatic carbocycles. The van der Waals surface area contributed by atoms with Crippen LogP contribution in [0.2, 0.25) is 0 Å². The first-order valence-electron chi connectivity index (χ1n) is 7.93. The summed E-state index contributed by atoms with van der Waals surface area (Å²) < 4.78 is 13.9. The van der Waals surface area contributed by atoms with Crippen LogP contribution in [0.4, 0.5) is 4.39 Å². The Morgan fingerprint density at radius 1 is 1.24 bits per heavy atom. The number of nitrogens with two attached hydrogens (primary N) is 1. The third-order valence-corrected chi connectivity index (χ3v) is 4.72. The fourth-order valence-electron chi connectivity index (χ4n) is 3.25. The number of carbonyl (C=O) groups is 1. The van der Waals surface area contributed by atoms with Crippen LogP contribution in [0.1, 0.15) is 50.5 Å². The zero-order valence-corrected chi connectivity index (χ0v) is 12.4. The average molecular weight is 290 g/mol. The van der Waals surface area contributed by atoms with Crippen LogP contribution < -0.4 is 5.73 Å². The van der Waals surface area contributed by atoms with Gasteiger partial charge in [-0.05, 0) is 31.7 Å². The molecule has 3 nitrogen and oxygen atoms in total. The van der Waals surface area contributed by atoms with E-state index in [-0.39, 0.29) is 17.8 Å². The minimum absolute atomic E-state index is 0.0213. The quantitative estimate of drug-likeness (QED) is 0.926. The molecule has 1 aromatic carbocycles. The summed E-state index contributed by atoms with van der Waals surface area (Å²) in [5.74, 6) is -0.224. The van der Waals surface area contributed by atoms with Crippen LogP contribution in [0.25, 0.3) is 0 Å². The summed E-state index contributed by atoms with van der Waals surface area (Å²) in [6.07, 6.45) is 6.72. The summed E-state index contributed by atoms with van der Waals surface area (Å²) in [5.41, 5.74) is 6.23. The molecule has 0 saturated heterocycles. The number of nitrogens with zero attached hydrogens (tertiary/aromatic N) is 1. The number of hydrogen-bond acceptors (Lipinski definition) is 2. The van der Waals surface area contributed by atoms with Gasteiger partial charge in [-0.2, -0.15) is 0 Å². The van der Waals surface area contributed by atoms with Crippen molar-refractivity contribution in [3.05, 3.63) is 35.6 Å². The number of hydrogen-bond donors (Lipinski definition) is 1. The van der Waals surface area contributed by atoms with E-state index in [1.807, 2.05) is 11.0 Å². The molecular formula is C17H23FN2O. The molecule has 4 heteroatoms. The van der Waals surface area contributed by atoms with Crippen LogP contribution in [-0.2, 0) is 11.3 Å². The number of carbonyl (C=O) groups excluding carboxylic acids is 1. The highest BCUT2D eigenvalue weighted by molar-refractivity contribution is 5.86. The molecule has 0 unspecified atom stereocenters. The molecule has 3 rings (SSSR count). The van der Waals surface area contributed by atoms with Crippen LogP contribution >= 0.6 is 0 Å². The third-order valence-electron chi connectivity index (χ3n) is 4.72. The van der Waals surface area contributed by atoms with Crippen molar-refractivity contribution >= 4 is 5.91 Å². The first-order valence-corrected chi connectivity index (χ1v) is 7.93. The van der Waals surface area contributed by atoms with Gasteiger partial charge in [-0.3, -0.25) is 4.79 Å². The van der Waals surface area contributed by atoms with E-state index in [2.05, 4.69) is 0 Å². The van der Waals surface area contributed by atoms with Crippen LogP contribution in [0, 0.1) is 5.82 Å². The highest BCUT2D eigenvalue weighted by Gasteiger charge is 2.43. The lowest BCUT2D eigenvalue weighted by Crippen LogP contribution is -2.56. The van der Waals surface area contributed by atoms with Crippen molar-refractivity contribution in [2.45, 2.75) is 63.1 Å². The van der Waals surface area contributed by atoms with Gasteiger partial charge in [0.05, 0.1) is 5.54 Å². The van der Waals surface area contributed by atoms with Crippen LogP contribution in [-0.4, -0.2) is 22.4 Å². The zero-order valence-electron chi connectivity index (χ0n) is 12.4. The Morgan fingerprint density at radius 3 is 2.52 bits per heavy atom. The maximum absolute atomic E-state index is 13.9. The largest absolute Gasteiger partial charge is 0.334 e. The van der Waals surface area contributed by atoms with Crippen molar-refractivity contribution in [1.29, 1.82) is 0 Å². The Morgan fingerprint density at radius 2 is 1.90 bits per heavy atom. The van der Waals surface area contributed by atoms with Crippen molar-refractivity contribution in [3.63, 3.8) is 0 Å². The van der Waals surface area contributed by atoms with Gasteiger partial charge in [0.1, 0.15) is 5.82 Å². The highest BCUT2D eigenvalue weighted by atomic mass is 19.1. The molecule has 21 heavy (non-hydrogen) atoms. The van der Waals surface area contributed by atoms with Crippen molar-refractivity contribution in [2.75, 3.05) is 0 Å². The Bertz CT molecular complexity index is 521. The molecule has 2 N–H and O–H groups in total. The third kappa shape index (κ3) is 3.10. The molecule has 0 heterocycles. The summed E-state index contributed by atoms with van der Waals surface area (Å²) in [7, 11) is 0. The number of amides is 1. The summed E-state index contributed by atoms with van der Waals surface area (Å²) >= 11 is 0. The molecule has 2 saturated carbocycles.